The predicted octanol–water partition coefficient (Wildman–Crippen LogP) is 2.02. The molecule has 5 heteroatoms. The van der Waals surface area contributed by atoms with Gasteiger partial charge in [-0.2, -0.15) is 0 Å². The minimum absolute atomic E-state index is 0.769. The van der Waals surface area contributed by atoms with Gasteiger partial charge in [0.25, 0.3) is 0 Å². The number of aromatic nitrogens is 2. The summed E-state index contributed by atoms with van der Waals surface area (Å²) in [7, 11) is 1.87. The van der Waals surface area contributed by atoms with Crippen molar-refractivity contribution in [3.05, 3.63) is 42.1 Å². The number of ether oxygens (including phenoxy) is 1. The molecule has 0 bridgehead atoms. The van der Waals surface area contributed by atoms with Crippen molar-refractivity contribution in [1.29, 1.82) is 0 Å². The highest BCUT2D eigenvalue weighted by Crippen LogP contribution is 2.22. The molecule has 21 heavy (non-hydrogen) atoms. The standard InChI is InChI=1S/C16H20N4O/c1-17-15-6-7-18-16(19-15)14-5-3-2-4-13(14)12-20-8-10-21-11-9-20/h2-7H,8-12H2,1H3,(H,17,18,19). The summed E-state index contributed by atoms with van der Waals surface area (Å²) >= 11 is 0. The van der Waals surface area contributed by atoms with Crippen LogP contribution in [0.1, 0.15) is 5.56 Å². The molecular weight excluding hydrogens is 264 g/mol. The predicted molar refractivity (Wildman–Crippen MR) is 83.1 cm³/mol. The quantitative estimate of drug-likeness (QED) is 0.931. The van der Waals surface area contributed by atoms with Gasteiger partial charge in [0.15, 0.2) is 5.82 Å². The lowest BCUT2D eigenvalue weighted by Gasteiger charge is -2.27. The van der Waals surface area contributed by atoms with Crippen LogP contribution in [0, 0.1) is 0 Å². The van der Waals surface area contributed by atoms with E-state index in [1.807, 2.05) is 19.2 Å². The number of nitrogens with one attached hydrogen (secondary N) is 1. The maximum absolute atomic E-state index is 5.41. The molecule has 1 aromatic carbocycles. The van der Waals surface area contributed by atoms with E-state index < -0.39 is 0 Å². The largest absolute Gasteiger partial charge is 0.379 e. The summed E-state index contributed by atoms with van der Waals surface area (Å²) in [6.45, 7) is 4.49. The van der Waals surface area contributed by atoms with Gasteiger partial charge in [-0.05, 0) is 11.6 Å². The van der Waals surface area contributed by atoms with Crippen LogP contribution >= 0.6 is 0 Å². The van der Waals surface area contributed by atoms with Crippen LogP contribution in [0.15, 0.2) is 36.5 Å². The molecule has 1 N–H and O–H groups in total. The average Bonchev–Trinajstić information content (AvgIpc) is 2.56. The molecule has 5 nitrogen and oxygen atoms in total. The van der Waals surface area contributed by atoms with E-state index in [4.69, 9.17) is 4.74 Å². The third-order valence-corrected chi connectivity index (χ3v) is 3.67. The normalized spacial score (nSPS) is 15.9. The first-order valence-corrected chi connectivity index (χ1v) is 7.26. The van der Waals surface area contributed by atoms with E-state index in [-0.39, 0.29) is 0 Å². The summed E-state index contributed by atoms with van der Waals surface area (Å²) in [4.78, 5) is 11.4. The molecule has 1 saturated heterocycles. The molecule has 1 fully saturated rings. The van der Waals surface area contributed by atoms with Crippen LogP contribution in [0.4, 0.5) is 5.82 Å². The van der Waals surface area contributed by atoms with Gasteiger partial charge >= 0.3 is 0 Å². The second-order valence-corrected chi connectivity index (χ2v) is 5.06. The molecule has 2 heterocycles. The number of morpholine rings is 1. The molecule has 1 aliphatic rings. The average molecular weight is 284 g/mol. The Balaban J connectivity index is 1.87. The van der Waals surface area contributed by atoms with Crippen LogP contribution in [0.5, 0.6) is 0 Å². The minimum atomic E-state index is 0.769. The van der Waals surface area contributed by atoms with Gasteiger partial charge < -0.3 is 10.1 Å². The molecule has 1 aromatic heterocycles. The fourth-order valence-corrected chi connectivity index (χ4v) is 2.50. The fraction of sp³-hybridized carbons (Fsp3) is 0.375. The van der Waals surface area contributed by atoms with Crippen molar-refractivity contribution in [1.82, 2.24) is 14.9 Å². The Morgan fingerprint density at radius 1 is 1.19 bits per heavy atom. The van der Waals surface area contributed by atoms with Gasteiger partial charge in [-0.1, -0.05) is 24.3 Å². The zero-order valence-electron chi connectivity index (χ0n) is 12.2. The van der Waals surface area contributed by atoms with Gasteiger partial charge in [0, 0.05) is 38.4 Å². The van der Waals surface area contributed by atoms with Gasteiger partial charge in [0.05, 0.1) is 13.2 Å². The molecule has 0 saturated carbocycles. The molecule has 110 valence electrons. The number of hydrogen-bond acceptors (Lipinski definition) is 5. The number of nitrogens with zero attached hydrogens (tertiary/aromatic N) is 3. The smallest absolute Gasteiger partial charge is 0.161 e. The van der Waals surface area contributed by atoms with Crippen LogP contribution in [0.2, 0.25) is 0 Å². The number of rotatable bonds is 4. The lowest BCUT2D eigenvalue weighted by atomic mass is 10.1. The number of benzene rings is 1. The maximum Gasteiger partial charge on any atom is 0.161 e. The summed E-state index contributed by atoms with van der Waals surface area (Å²) in [5, 5.41) is 3.06. The molecule has 0 radical (unpaired) electrons. The van der Waals surface area contributed by atoms with Crippen molar-refractivity contribution in [2.75, 3.05) is 38.7 Å². The second kappa shape index (κ2) is 6.65. The Labute approximate surface area is 125 Å². The zero-order chi connectivity index (χ0) is 14.5. The first-order valence-electron chi connectivity index (χ1n) is 7.26. The molecule has 0 atom stereocenters. The van der Waals surface area contributed by atoms with E-state index in [0.717, 1.165) is 50.1 Å². The van der Waals surface area contributed by atoms with Crippen molar-refractivity contribution < 1.29 is 4.74 Å². The lowest BCUT2D eigenvalue weighted by Crippen LogP contribution is -2.35. The second-order valence-electron chi connectivity index (χ2n) is 5.06. The number of hydrogen-bond donors (Lipinski definition) is 1. The molecule has 0 spiro atoms. The van der Waals surface area contributed by atoms with Crippen molar-refractivity contribution in [3.63, 3.8) is 0 Å². The summed E-state index contributed by atoms with van der Waals surface area (Å²) in [5.74, 6) is 1.60. The number of anilines is 1. The van der Waals surface area contributed by atoms with Crippen LogP contribution in [-0.2, 0) is 11.3 Å². The van der Waals surface area contributed by atoms with Gasteiger partial charge in [-0.25, -0.2) is 9.97 Å². The topological polar surface area (TPSA) is 50.3 Å². The van der Waals surface area contributed by atoms with E-state index in [9.17, 15) is 0 Å². The Hall–Kier alpha value is -1.98. The third kappa shape index (κ3) is 3.37. The van der Waals surface area contributed by atoms with Crippen molar-refractivity contribution >= 4 is 5.82 Å². The van der Waals surface area contributed by atoms with Gasteiger partial charge in [0.1, 0.15) is 5.82 Å². The molecule has 3 rings (SSSR count). The SMILES string of the molecule is CNc1ccnc(-c2ccccc2CN2CCOCC2)n1. The Bertz CT molecular complexity index is 596. The highest BCUT2D eigenvalue weighted by atomic mass is 16.5. The molecule has 0 amide bonds. The molecular formula is C16H20N4O. The molecule has 2 aromatic rings. The van der Waals surface area contributed by atoms with E-state index >= 15 is 0 Å². The summed E-state index contributed by atoms with van der Waals surface area (Å²) in [5.41, 5.74) is 2.36. The fourth-order valence-electron chi connectivity index (χ4n) is 2.50. The van der Waals surface area contributed by atoms with E-state index in [0.29, 0.717) is 0 Å². The third-order valence-electron chi connectivity index (χ3n) is 3.67. The zero-order valence-corrected chi connectivity index (χ0v) is 12.2. The highest BCUT2D eigenvalue weighted by molar-refractivity contribution is 5.61. The van der Waals surface area contributed by atoms with Gasteiger partial charge in [-0.15, -0.1) is 0 Å². The summed E-state index contributed by atoms with van der Waals surface area (Å²) < 4.78 is 5.41. The monoisotopic (exact) mass is 284 g/mol. The highest BCUT2D eigenvalue weighted by Gasteiger charge is 2.14. The molecule has 0 aliphatic carbocycles. The first kappa shape index (κ1) is 14.0. The molecule has 1 aliphatic heterocycles. The first-order chi connectivity index (χ1) is 10.4. The van der Waals surface area contributed by atoms with E-state index in [1.165, 1.54) is 5.56 Å². The molecule has 0 unspecified atom stereocenters. The van der Waals surface area contributed by atoms with Crippen LogP contribution < -0.4 is 5.32 Å². The Kier molecular flexibility index (Phi) is 4.43. The van der Waals surface area contributed by atoms with Crippen LogP contribution in [0.25, 0.3) is 11.4 Å². The Morgan fingerprint density at radius 3 is 2.81 bits per heavy atom. The minimum Gasteiger partial charge on any atom is -0.379 e. The van der Waals surface area contributed by atoms with Gasteiger partial charge in [-0.3, -0.25) is 4.90 Å². The van der Waals surface area contributed by atoms with Gasteiger partial charge in [0.2, 0.25) is 0 Å². The van der Waals surface area contributed by atoms with Crippen molar-refractivity contribution in [3.8, 4) is 11.4 Å². The Morgan fingerprint density at radius 2 is 2.00 bits per heavy atom. The van der Waals surface area contributed by atoms with Crippen molar-refractivity contribution in [2.45, 2.75) is 6.54 Å². The van der Waals surface area contributed by atoms with Crippen LogP contribution in [0.3, 0.4) is 0 Å². The lowest BCUT2D eigenvalue weighted by molar-refractivity contribution is 0.0342. The van der Waals surface area contributed by atoms with Crippen LogP contribution in [-0.4, -0.2) is 48.2 Å². The summed E-state index contributed by atoms with van der Waals surface area (Å²) in [6.07, 6.45) is 1.79. The maximum atomic E-state index is 5.41. The summed E-state index contributed by atoms with van der Waals surface area (Å²) in [6, 6.07) is 10.2. The van der Waals surface area contributed by atoms with E-state index in [1.54, 1.807) is 6.20 Å². The van der Waals surface area contributed by atoms with Crippen molar-refractivity contribution in [2.24, 2.45) is 0 Å². The van der Waals surface area contributed by atoms with E-state index in [2.05, 4.69) is 38.4 Å².